The van der Waals surface area contributed by atoms with Crippen LogP contribution in [0.3, 0.4) is 0 Å². The summed E-state index contributed by atoms with van der Waals surface area (Å²) >= 11 is 12.2. The summed E-state index contributed by atoms with van der Waals surface area (Å²) < 4.78 is 27.0. The molecule has 0 atom stereocenters. The fraction of sp³-hybridized carbons (Fsp3) is 0.316. The van der Waals surface area contributed by atoms with E-state index in [4.69, 9.17) is 28.0 Å². The van der Waals surface area contributed by atoms with Crippen LogP contribution < -0.4 is 5.48 Å². The zero-order valence-corrected chi connectivity index (χ0v) is 17.6. The van der Waals surface area contributed by atoms with E-state index in [9.17, 15) is 13.2 Å². The van der Waals surface area contributed by atoms with Gasteiger partial charge in [0.15, 0.2) is 0 Å². The Kier molecular flexibility index (Phi) is 6.62. The van der Waals surface area contributed by atoms with Crippen LogP contribution >= 0.6 is 23.2 Å². The lowest BCUT2D eigenvalue weighted by molar-refractivity contribution is 0.0233. The highest BCUT2D eigenvalue weighted by Crippen LogP contribution is 2.32. The number of sulfonamides is 1. The van der Waals surface area contributed by atoms with Crippen LogP contribution in [-0.4, -0.2) is 31.7 Å². The molecule has 1 aliphatic rings. The molecule has 1 aliphatic heterocycles. The van der Waals surface area contributed by atoms with Crippen molar-refractivity contribution in [1.82, 2.24) is 9.79 Å². The number of nitrogens with one attached hydrogen (secondary N) is 1. The van der Waals surface area contributed by atoms with Gasteiger partial charge in [-0.05, 0) is 37.5 Å². The van der Waals surface area contributed by atoms with E-state index in [-0.39, 0.29) is 27.1 Å². The number of hydroxylamine groups is 1. The normalized spacial score (nSPS) is 15.0. The maximum absolute atomic E-state index is 12.8. The van der Waals surface area contributed by atoms with Crippen LogP contribution in [0.5, 0.6) is 0 Å². The highest BCUT2D eigenvalue weighted by molar-refractivity contribution is 7.89. The second kappa shape index (κ2) is 8.80. The van der Waals surface area contributed by atoms with E-state index in [1.165, 1.54) is 16.4 Å². The maximum atomic E-state index is 12.8. The Hall–Kier alpha value is -1.64. The summed E-state index contributed by atoms with van der Waals surface area (Å²) in [6.45, 7) is 3.00. The molecule has 0 aromatic heterocycles. The van der Waals surface area contributed by atoms with E-state index >= 15 is 0 Å². The van der Waals surface area contributed by atoms with Crippen LogP contribution in [0.15, 0.2) is 41.3 Å². The molecular formula is C19H20Cl2N2O4S. The Morgan fingerprint density at radius 2 is 1.75 bits per heavy atom. The van der Waals surface area contributed by atoms with E-state index in [0.717, 1.165) is 24.0 Å². The topological polar surface area (TPSA) is 75.7 Å². The molecule has 2 aromatic carbocycles. The minimum absolute atomic E-state index is 0.0194. The van der Waals surface area contributed by atoms with Crippen LogP contribution in [0.2, 0.25) is 10.0 Å². The summed E-state index contributed by atoms with van der Waals surface area (Å²) in [4.78, 5) is 17.5. The molecule has 1 N–H and O–H groups in total. The lowest BCUT2D eigenvalue weighted by Gasteiger charge is -2.17. The van der Waals surface area contributed by atoms with Crippen molar-refractivity contribution in [1.29, 1.82) is 0 Å². The van der Waals surface area contributed by atoms with Crippen molar-refractivity contribution in [3.63, 3.8) is 0 Å². The van der Waals surface area contributed by atoms with E-state index in [0.29, 0.717) is 13.1 Å². The molecule has 0 unspecified atom stereocenters. The Balaban J connectivity index is 1.75. The summed E-state index contributed by atoms with van der Waals surface area (Å²) in [6.07, 6.45) is 1.59. The SMILES string of the molecule is Cc1ccc(CONC(=O)c2cc(S(=O)(=O)N3CCCC3)c(Cl)cc2Cl)cc1. The number of hydrogen-bond donors (Lipinski definition) is 1. The molecule has 2 aromatic rings. The van der Waals surface area contributed by atoms with Crippen LogP contribution in [0.4, 0.5) is 0 Å². The predicted octanol–water partition coefficient (Wildman–Crippen LogP) is 3.95. The Bertz CT molecular complexity index is 972. The van der Waals surface area contributed by atoms with Crippen LogP contribution in [0.1, 0.15) is 34.3 Å². The molecule has 28 heavy (non-hydrogen) atoms. The van der Waals surface area contributed by atoms with Gasteiger partial charge in [0.05, 0.1) is 22.2 Å². The third kappa shape index (κ3) is 4.67. The van der Waals surface area contributed by atoms with Crippen molar-refractivity contribution in [2.75, 3.05) is 13.1 Å². The molecule has 1 heterocycles. The van der Waals surface area contributed by atoms with Crippen molar-refractivity contribution < 1.29 is 18.0 Å². The van der Waals surface area contributed by atoms with Gasteiger partial charge >= 0.3 is 0 Å². The fourth-order valence-corrected chi connectivity index (χ4v) is 5.24. The van der Waals surface area contributed by atoms with Gasteiger partial charge in [0.2, 0.25) is 10.0 Å². The number of rotatable bonds is 6. The number of aryl methyl sites for hydroxylation is 1. The first-order valence-corrected chi connectivity index (χ1v) is 11.0. The molecule has 6 nitrogen and oxygen atoms in total. The van der Waals surface area contributed by atoms with Crippen molar-refractivity contribution in [2.24, 2.45) is 0 Å². The number of benzene rings is 2. The standard InChI is InChI=1S/C19H20Cl2N2O4S/c1-13-4-6-14(7-5-13)12-27-22-19(24)15-10-18(17(21)11-16(15)20)28(25,26)23-8-2-3-9-23/h4-7,10-11H,2-3,8-9,12H2,1H3,(H,22,24). The van der Waals surface area contributed by atoms with E-state index in [1.807, 2.05) is 31.2 Å². The Labute approximate surface area is 174 Å². The average molecular weight is 443 g/mol. The largest absolute Gasteiger partial charge is 0.276 e. The second-order valence-corrected chi connectivity index (χ2v) is 9.30. The number of amides is 1. The second-order valence-electron chi connectivity index (χ2n) is 6.58. The summed E-state index contributed by atoms with van der Waals surface area (Å²) in [5, 5.41) is 0.0239. The number of hydrogen-bond acceptors (Lipinski definition) is 4. The van der Waals surface area contributed by atoms with Crippen LogP contribution in [-0.2, 0) is 21.5 Å². The lowest BCUT2D eigenvalue weighted by Crippen LogP contribution is -2.29. The van der Waals surface area contributed by atoms with Crippen molar-refractivity contribution in [3.05, 3.63) is 63.1 Å². The van der Waals surface area contributed by atoms with Crippen molar-refractivity contribution in [3.8, 4) is 0 Å². The highest BCUT2D eigenvalue weighted by Gasteiger charge is 2.30. The maximum Gasteiger partial charge on any atom is 0.276 e. The van der Waals surface area contributed by atoms with Gasteiger partial charge in [0.25, 0.3) is 5.91 Å². The molecule has 0 aliphatic carbocycles. The van der Waals surface area contributed by atoms with E-state index in [2.05, 4.69) is 5.48 Å². The predicted molar refractivity (Wildman–Crippen MR) is 108 cm³/mol. The first-order valence-electron chi connectivity index (χ1n) is 8.76. The van der Waals surface area contributed by atoms with Gasteiger partial charge in [-0.2, -0.15) is 4.31 Å². The van der Waals surface area contributed by atoms with Gasteiger partial charge in [0.1, 0.15) is 4.90 Å². The number of halogens is 2. The van der Waals surface area contributed by atoms with Crippen molar-refractivity contribution in [2.45, 2.75) is 31.3 Å². The Morgan fingerprint density at radius 1 is 1.11 bits per heavy atom. The lowest BCUT2D eigenvalue weighted by atomic mass is 10.2. The third-order valence-electron chi connectivity index (χ3n) is 4.47. The molecule has 1 fully saturated rings. The van der Waals surface area contributed by atoms with Gasteiger partial charge in [0, 0.05) is 13.1 Å². The van der Waals surface area contributed by atoms with Crippen molar-refractivity contribution >= 4 is 39.1 Å². The smallest absolute Gasteiger partial charge is 0.269 e. The van der Waals surface area contributed by atoms with Gasteiger partial charge < -0.3 is 0 Å². The average Bonchev–Trinajstić information content (AvgIpc) is 3.18. The minimum atomic E-state index is -3.79. The zero-order valence-electron chi connectivity index (χ0n) is 15.2. The Morgan fingerprint density at radius 3 is 2.39 bits per heavy atom. The monoisotopic (exact) mass is 442 g/mol. The number of nitrogens with zero attached hydrogens (tertiary/aromatic N) is 1. The van der Waals surface area contributed by atoms with Gasteiger partial charge in [-0.25, -0.2) is 13.9 Å². The molecule has 9 heteroatoms. The zero-order chi connectivity index (χ0) is 20.3. The molecule has 1 saturated heterocycles. The molecule has 0 spiro atoms. The van der Waals surface area contributed by atoms with E-state index in [1.54, 1.807) is 0 Å². The molecule has 0 bridgehead atoms. The molecule has 0 saturated carbocycles. The first-order chi connectivity index (χ1) is 13.3. The first kappa shape index (κ1) is 21.1. The molecule has 1 amide bonds. The number of carbonyl (C=O) groups is 1. The molecule has 3 rings (SSSR count). The van der Waals surface area contributed by atoms with Crippen LogP contribution in [0.25, 0.3) is 0 Å². The van der Waals surface area contributed by atoms with Gasteiger partial charge in [-0.1, -0.05) is 53.0 Å². The minimum Gasteiger partial charge on any atom is -0.269 e. The summed E-state index contributed by atoms with van der Waals surface area (Å²) in [6, 6.07) is 10.1. The fourth-order valence-electron chi connectivity index (χ4n) is 2.89. The summed E-state index contributed by atoms with van der Waals surface area (Å²) in [5.74, 6) is -0.647. The molecule has 150 valence electrons. The quantitative estimate of drug-likeness (QED) is 0.687. The van der Waals surface area contributed by atoms with Gasteiger partial charge in [-0.15, -0.1) is 0 Å². The summed E-state index contributed by atoms with van der Waals surface area (Å²) in [5.41, 5.74) is 4.27. The number of carbonyl (C=O) groups excluding carboxylic acids is 1. The van der Waals surface area contributed by atoms with Crippen LogP contribution in [0, 0.1) is 6.92 Å². The third-order valence-corrected chi connectivity index (χ3v) is 7.15. The van der Waals surface area contributed by atoms with E-state index < -0.39 is 15.9 Å². The highest BCUT2D eigenvalue weighted by atomic mass is 35.5. The summed E-state index contributed by atoms with van der Waals surface area (Å²) in [7, 11) is -3.79. The van der Waals surface area contributed by atoms with Gasteiger partial charge in [-0.3, -0.25) is 9.63 Å². The molecule has 0 radical (unpaired) electrons. The molecular weight excluding hydrogens is 423 g/mol.